The average molecular weight is 204 g/mol. The number of benzene rings is 1. The molecule has 0 saturated heterocycles. The highest BCUT2D eigenvalue weighted by Crippen LogP contribution is 2.04. The number of Topliss-reactive ketones (excluding diaryl/α,β-unsaturated/α-hetero) is 1. The quantitative estimate of drug-likeness (QED) is 0.419. The van der Waals surface area contributed by atoms with Crippen molar-refractivity contribution >= 4 is 17.4 Å². The van der Waals surface area contributed by atoms with E-state index in [1.807, 2.05) is 0 Å². The molecule has 0 radical (unpaired) electrons. The fraction of sp³-hybridized carbons (Fsp3) is 0.0909. The van der Waals surface area contributed by atoms with Crippen LogP contribution >= 0.6 is 11.6 Å². The number of rotatable bonds is 2. The highest BCUT2D eigenvalue weighted by Gasteiger charge is 2.01. The standard InChI is InChI=1S/C11H6ClNO/c12-8-11(14)10-5-3-9(4-6-10)2-1-7-13/h3-6H,8H2. The van der Waals surface area contributed by atoms with Gasteiger partial charge in [-0.25, -0.2) is 0 Å². The van der Waals surface area contributed by atoms with E-state index in [1.165, 1.54) is 0 Å². The second kappa shape index (κ2) is 5.07. The molecule has 14 heavy (non-hydrogen) atoms. The van der Waals surface area contributed by atoms with Gasteiger partial charge in [-0.05, 0) is 12.1 Å². The van der Waals surface area contributed by atoms with Gasteiger partial charge in [-0.2, -0.15) is 5.26 Å². The monoisotopic (exact) mass is 203 g/mol. The lowest BCUT2D eigenvalue weighted by Gasteiger charge is -1.95. The number of nitriles is 1. The number of alkyl halides is 1. The molecule has 0 aliphatic heterocycles. The molecule has 0 saturated carbocycles. The van der Waals surface area contributed by atoms with Crippen molar-refractivity contribution in [1.82, 2.24) is 0 Å². The fourth-order valence-electron chi connectivity index (χ4n) is 0.917. The molecule has 0 unspecified atom stereocenters. The number of hydrogen-bond acceptors (Lipinski definition) is 2. The molecule has 1 rings (SSSR count). The van der Waals surface area contributed by atoms with Crippen molar-refractivity contribution in [3.8, 4) is 17.9 Å². The zero-order chi connectivity index (χ0) is 10.4. The van der Waals surface area contributed by atoms with Gasteiger partial charge in [0.1, 0.15) is 0 Å². The topological polar surface area (TPSA) is 40.9 Å². The third-order valence-corrected chi connectivity index (χ3v) is 1.83. The van der Waals surface area contributed by atoms with E-state index in [-0.39, 0.29) is 11.7 Å². The van der Waals surface area contributed by atoms with Gasteiger partial charge in [-0.3, -0.25) is 4.79 Å². The second-order valence-electron chi connectivity index (χ2n) is 2.50. The van der Waals surface area contributed by atoms with Crippen molar-refractivity contribution in [2.24, 2.45) is 0 Å². The van der Waals surface area contributed by atoms with Crippen LogP contribution in [0.4, 0.5) is 0 Å². The molecule has 0 spiro atoms. The van der Waals surface area contributed by atoms with Gasteiger partial charge in [-0.1, -0.05) is 18.1 Å². The van der Waals surface area contributed by atoms with Crippen LogP contribution in [0.2, 0.25) is 0 Å². The molecule has 68 valence electrons. The second-order valence-corrected chi connectivity index (χ2v) is 2.76. The Morgan fingerprint density at radius 1 is 1.36 bits per heavy atom. The molecule has 1 aromatic rings. The van der Waals surface area contributed by atoms with Crippen molar-refractivity contribution in [3.05, 3.63) is 35.4 Å². The summed E-state index contributed by atoms with van der Waals surface area (Å²) in [6, 6.07) is 8.37. The molecule has 0 amide bonds. The molecule has 0 aliphatic rings. The van der Waals surface area contributed by atoms with E-state index in [0.717, 1.165) is 0 Å². The summed E-state index contributed by atoms with van der Waals surface area (Å²) in [5.74, 6) is 4.75. The Labute approximate surface area is 87.1 Å². The lowest BCUT2D eigenvalue weighted by Crippen LogP contribution is -1.99. The Bertz CT molecular complexity index is 431. The number of carbonyl (C=O) groups excluding carboxylic acids is 1. The zero-order valence-electron chi connectivity index (χ0n) is 7.25. The van der Waals surface area contributed by atoms with Crippen molar-refractivity contribution in [3.63, 3.8) is 0 Å². The Balaban J connectivity index is 2.90. The molecule has 0 aliphatic carbocycles. The highest BCUT2D eigenvalue weighted by molar-refractivity contribution is 6.30. The van der Waals surface area contributed by atoms with Gasteiger partial charge in [0.05, 0.1) is 5.88 Å². The van der Waals surface area contributed by atoms with Crippen LogP contribution in [-0.2, 0) is 0 Å². The molecule has 0 aromatic heterocycles. The SMILES string of the molecule is N#CC#Cc1ccc(C(=O)CCl)cc1. The average Bonchev–Trinajstić information content (AvgIpc) is 2.26. The van der Waals surface area contributed by atoms with Gasteiger partial charge in [0.25, 0.3) is 0 Å². The van der Waals surface area contributed by atoms with Gasteiger partial charge >= 0.3 is 0 Å². The first kappa shape index (κ1) is 10.3. The predicted octanol–water partition coefficient (Wildman–Crippen LogP) is 1.98. The lowest BCUT2D eigenvalue weighted by molar-refractivity contribution is 0.102. The molecule has 0 bridgehead atoms. The van der Waals surface area contributed by atoms with E-state index in [2.05, 4.69) is 11.8 Å². The fourth-order valence-corrected chi connectivity index (χ4v) is 1.07. The van der Waals surface area contributed by atoms with Gasteiger partial charge in [0.2, 0.25) is 0 Å². The van der Waals surface area contributed by atoms with E-state index >= 15 is 0 Å². The van der Waals surface area contributed by atoms with E-state index in [9.17, 15) is 4.79 Å². The lowest BCUT2D eigenvalue weighted by atomic mass is 10.1. The maximum Gasteiger partial charge on any atom is 0.177 e. The number of ketones is 1. The van der Waals surface area contributed by atoms with Gasteiger partial charge in [0, 0.05) is 17.0 Å². The zero-order valence-corrected chi connectivity index (χ0v) is 8.01. The number of halogens is 1. The summed E-state index contributed by atoms with van der Waals surface area (Å²) in [6.45, 7) is 0. The summed E-state index contributed by atoms with van der Waals surface area (Å²) in [7, 11) is 0. The Hall–Kier alpha value is -1.77. The summed E-state index contributed by atoms with van der Waals surface area (Å²) in [4.78, 5) is 11.1. The van der Waals surface area contributed by atoms with E-state index in [0.29, 0.717) is 11.1 Å². The Kier molecular flexibility index (Phi) is 3.73. The molecule has 0 fully saturated rings. The van der Waals surface area contributed by atoms with Gasteiger partial charge < -0.3 is 0 Å². The predicted molar refractivity (Wildman–Crippen MR) is 54.0 cm³/mol. The molecule has 3 heteroatoms. The molecule has 2 nitrogen and oxygen atoms in total. The van der Waals surface area contributed by atoms with E-state index in [4.69, 9.17) is 16.9 Å². The summed E-state index contributed by atoms with van der Waals surface area (Å²) < 4.78 is 0. The Morgan fingerprint density at radius 2 is 2.00 bits per heavy atom. The van der Waals surface area contributed by atoms with Crippen molar-refractivity contribution in [1.29, 1.82) is 5.26 Å². The van der Waals surface area contributed by atoms with Crippen molar-refractivity contribution in [2.45, 2.75) is 0 Å². The molecule has 0 heterocycles. The van der Waals surface area contributed by atoms with E-state index in [1.54, 1.807) is 30.3 Å². The normalized spacial score (nSPS) is 8.29. The van der Waals surface area contributed by atoms with Crippen LogP contribution in [-0.4, -0.2) is 11.7 Å². The largest absolute Gasteiger partial charge is 0.293 e. The van der Waals surface area contributed by atoms with Crippen LogP contribution in [0.3, 0.4) is 0 Å². The summed E-state index contributed by atoms with van der Waals surface area (Å²) >= 11 is 5.39. The third-order valence-electron chi connectivity index (χ3n) is 1.59. The Morgan fingerprint density at radius 3 is 2.50 bits per heavy atom. The van der Waals surface area contributed by atoms with Crippen molar-refractivity contribution in [2.75, 3.05) is 5.88 Å². The highest BCUT2D eigenvalue weighted by atomic mass is 35.5. The number of nitrogens with zero attached hydrogens (tertiary/aromatic N) is 1. The van der Waals surface area contributed by atoms with Crippen LogP contribution in [0.25, 0.3) is 0 Å². The van der Waals surface area contributed by atoms with E-state index < -0.39 is 0 Å². The van der Waals surface area contributed by atoms with Crippen LogP contribution in [0.15, 0.2) is 24.3 Å². The first-order valence-corrected chi connectivity index (χ1v) is 4.40. The number of carbonyl (C=O) groups is 1. The molecule has 0 N–H and O–H groups in total. The number of hydrogen-bond donors (Lipinski definition) is 0. The molecular formula is C11H6ClNO. The summed E-state index contributed by atoms with van der Waals surface area (Å²) in [6.07, 6.45) is 0. The van der Waals surface area contributed by atoms with Crippen LogP contribution in [0.5, 0.6) is 0 Å². The minimum Gasteiger partial charge on any atom is -0.293 e. The first-order chi connectivity index (χ1) is 6.77. The van der Waals surface area contributed by atoms with Crippen LogP contribution in [0, 0.1) is 23.2 Å². The minimum atomic E-state index is -0.119. The first-order valence-electron chi connectivity index (χ1n) is 3.87. The molecular weight excluding hydrogens is 198 g/mol. The van der Waals surface area contributed by atoms with Gasteiger partial charge in [-0.15, -0.1) is 11.6 Å². The maximum atomic E-state index is 11.1. The minimum absolute atomic E-state index is 0.0246. The van der Waals surface area contributed by atoms with Gasteiger partial charge in [0.15, 0.2) is 11.9 Å². The molecule has 0 atom stereocenters. The summed E-state index contributed by atoms with van der Waals surface area (Å²) in [5.41, 5.74) is 1.26. The smallest absolute Gasteiger partial charge is 0.177 e. The summed E-state index contributed by atoms with van der Waals surface area (Å²) in [5, 5.41) is 8.21. The van der Waals surface area contributed by atoms with Crippen LogP contribution in [0.1, 0.15) is 15.9 Å². The molecule has 1 aromatic carbocycles. The third kappa shape index (κ3) is 2.62. The maximum absolute atomic E-state index is 11.1. The van der Waals surface area contributed by atoms with Crippen LogP contribution < -0.4 is 0 Å². The van der Waals surface area contributed by atoms with Crippen molar-refractivity contribution < 1.29 is 4.79 Å².